The fourth-order valence-electron chi connectivity index (χ4n) is 4.91. The number of piperidine rings is 1. The first-order chi connectivity index (χ1) is 12.3. The van der Waals surface area contributed by atoms with Gasteiger partial charge in [0.15, 0.2) is 0 Å². The molecule has 25 heavy (non-hydrogen) atoms. The van der Waals surface area contributed by atoms with E-state index in [-0.39, 0.29) is 5.41 Å². The van der Waals surface area contributed by atoms with Crippen molar-refractivity contribution in [3.8, 4) is 0 Å². The number of benzene rings is 1. The van der Waals surface area contributed by atoms with Crippen LogP contribution in [0, 0.1) is 5.41 Å². The molecule has 4 heteroatoms. The maximum Gasteiger partial charge on any atom is 0.230 e. The molecular weight excluding hydrogens is 312 g/mol. The minimum atomic E-state index is -0.104. The number of carbonyl (C=O) groups excluding carboxylic acids is 1. The van der Waals surface area contributed by atoms with E-state index in [0.29, 0.717) is 11.9 Å². The lowest BCUT2D eigenvalue weighted by molar-refractivity contribution is -0.150. The minimum absolute atomic E-state index is 0.104. The molecule has 0 N–H and O–H groups in total. The Hall–Kier alpha value is -1.39. The Morgan fingerprint density at radius 3 is 2.68 bits per heavy atom. The molecule has 1 spiro atoms. The van der Waals surface area contributed by atoms with Crippen molar-refractivity contribution in [2.75, 3.05) is 39.4 Å². The lowest BCUT2D eigenvalue weighted by Crippen LogP contribution is -2.54. The first-order valence-electron chi connectivity index (χ1n) is 9.92. The lowest BCUT2D eigenvalue weighted by atomic mass is 9.77. The van der Waals surface area contributed by atoms with Gasteiger partial charge in [0, 0.05) is 38.9 Å². The van der Waals surface area contributed by atoms with Crippen LogP contribution in [0.15, 0.2) is 30.3 Å². The fourth-order valence-corrected chi connectivity index (χ4v) is 4.91. The molecule has 4 nitrogen and oxygen atoms in total. The predicted octanol–water partition coefficient (Wildman–Crippen LogP) is 2.72. The topological polar surface area (TPSA) is 32.8 Å². The molecule has 1 amide bonds. The van der Waals surface area contributed by atoms with Gasteiger partial charge in [-0.05, 0) is 50.6 Å². The summed E-state index contributed by atoms with van der Waals surface area (Å²) in [7, 11) is 0. The number of hydrogen-bond donors (Lipinski definition) is 0. The third kappa shape index (κ3) is 3.61. The van der Waals surface area contributed by atoms with Gasteiger partial charge in [0.05, 0.1) is 5.41 Å². The highest BCUT2D eigenvalue weighted by Crippen LogP contribution is 2.41. The Labute approximate surface area is 151 Å². The van der Waals surface area contributed by atoms with Crippen LogP contribution in [0.4, 0.5) is 0 Å². The molecule has 1 aromatic carbocycles. The lowest BCUT2D eigenvalue weighted by Gasteiger charge is -2.44. The summed E-state index contributed by atoms with van der Waals surface area (Å²) in [4.78, 5) is 18.1. The Bertz CT molecular complexity index is 585. The van der Waals surface area contributed by atoms with Gasteiger partial charge in [-0.25, -0.2) is 0 Å². The van der Waals surface area contributed by atoms with E-state index in [2.05, 4.69) is 40.1 Å². The van der Waals surface area contributed by atoms with E-state index in [4.69, 9.17) is 4.74 Å². The number of carbonyl (C=O) groups is 1. The highest BCUT2D eigenvalue weighted by molar-refractivity contribution is 5.84. The van der Waals surface area contributed by atoms with Gasteiger partial charge in [0.1, 0.15) is 0 Å². The number of rotatable bonds is 4. The zero-order valence-corrected chi connectivity index (χ0v) is 15.2. The quantitative estimate of drug-likeness (QED) is 0.843. The molecule has 0 radical (unpaired) electrons. The molecular formula is C21H30N2O2. The smallest absolute Gasteiger partial charge is 0.230 e. The number of ether oxygens (including phenoxy) is 1. The Morgan fingerprint density at radius 1 is 1.08 bits per heavy atom. The van der Waals surface area contributed by atoms with Crippen LogP contribution in [0.3, 0.4) is 0 Å². The third-order valence-corrected chi connectivity index (χ3v) is 6.39. The molecule has 3 aliphatic heterocycles. The molecule has 4 rings (SSSR count). The molecule has 0 aliphatic carbocycles. The van der Waals surface area contributed by atoms with Crippen LogP contribution in [-0.2, 0) is 16.0 Å². The van der Waals surface area contributed by atoms with Crippen LogP contribution in [0.25, 0.3) is 0 Å². The van der Waals surface area contributed by atoms with E-state index in [9.17, 15) is 4.79 Å². The van der Waals surface area contributed by atoms with Crippen molar-refractivity contribution < 1.29 is 9.53 Å². The van der Waals surface area contributed by atoms with Crippen molar-refractivity contribution >= 4 is 5.91 Å². The van der Waals surface area contributed by atoms with Gasteiger partial charge in [-0.1, -0.05) is 30.3 Å². The molecule has 136 valence electrons. The summed E-state index contributed by atoms with van der Waals surface area (Å²) >= 11 is 0. The van der Waals surface area contributed by atoms with Gasteiger partial charge in [-0.3, -0.25) is 4.79 Å². The van der Waals surface area contributed by atoms with Crippen LogP contribution in [0.5, 0.6) is 0 Å². The Morgan fingerprint density at radius 2 is 1.88 bits per heavy atom. The monoisotopic (exact) mass is 342 g/mol. The standard InChI is InChI=1S/C21H30N2O2/c24-20-21(10-4-12-23(20)19-8-15-25-16-9-19)11-14-22(17-21)13-7-18-5-2-1-3-6-18/h1-3,5-6,19H,4,7-17H2/t21-/m1/s1. The average Bonchev–Trinajstić information content (AvgIpc) is 3.08. The molecule has 1 aromatic rings. The Kier molecular flexibility index (Phi) is 5.09. The van der Waals surface area contributed by atoms with Crippen molar-refractivity contribution in [2.24, 2.45) is 5.41 Å². The summed E-state index contributed by atoms with van der Waals surface area (Å²) in [6.07, 6.45) is 6.39. The summed E-state index contributed by atoms with van der Waals surface area (Å²) in [5, 5.41) is 0. The van der Waals surface area contributed by atoms with Gasteiger partial charge in [0.2, 0.25) is 5.91 Å². The highest BCUT2D eigenvalue weighted by atomic mass is 16.5. The van der Waals surface area contributed by atoms with E-state index >= 15 is 0 Å². The predicted molar refractivity (Wildman–Crippen MR) is 98.4 cm³/mol. The number of likely N-dealkylation sites (tertiary alicyclic amines) is 2. The molecule has 3 saturated heterocycles. The molecule has 3 aliphatic rings. The van der Waals surface area contributed by atoms with E-state index in [1.165, 1.54) is 5.56 Å². The van der Waals surface area contributed by atoms with Crippen LogP contribution in [0.2, 0.25) is 0 Å². The van der Waals surface area contributed by atoms with E-state index < -0.39 is 0 Å². The normalized spacial score (nSPS) is 28.8. The van der Waals surface area contributed by atoms with Crippen molar-refractivity contribution in [1.82, 2.24) is 9.80 Å². The van der Waals surface area contributed by atoms with Gasteiger partial charge < -0.3 is 14.5 Å². The largest absolute Gasteiger partial charge is 0.381 e. The number of amides is 1. The van der Waals surface area contributed by atoms with Crippen LogP contribution in [0.1, 0.15) is 37.7 Å². The third-order valence-electron chi connectivity index (χ3n) is 6.39. The second kappa shape index (κ2) is 7.46. The molecule has 0 saturated carbocycles. The molecule has 1 atom stereocenters. The molecule has 0 bridgehead atoms. The van der Waals surface area contributed by atoms with Crippen molar-refractivity contribution in [3.63, 3.8) is 0 Å². The van der Waals surface area contributed by atoms with Crippen LogP contribution < -0.4 is 0 Å². The molecule has 3 fully saturated rings. The first-order valence-corrected chi connectivity index (χ1v) is 9.92. The van der Waals surface area contributed by atoms with Crippen molar-refractivity contribution in [1.29, 1.82) is 0 Å². The average molecular weight is 342 g/mol. The van der Waals surface area contributed by atoms with Crippen molar-refractivity contribution in [2.45, 2.75) is 44.6 Å². The SMILES string of the molecule is O=C1N(C2CCOCC2)CCC[C@]12CCN(CCc1ccccc1)C2. The number of nitrogens with zero attached hydrogens (tertiary/aromatic N) is 2. The Balaban J connectivity index is 1.37. The summed E-state index contributed by atoms with van der Waals surface area (Å²) in [5.74, 6) is 0.438. The minimum Gasteiger partial charge on any atom is -0.381 e. The maximum absolute atomic E-state index is 13.3. The summed E-state index contributed by atoms with van der Waals surface area (Å²) < 4.78 is 5.49. The van der Waals surface area contributed by atoms with Crippen molar-refractivity contribution in [3.05, 3.63) is 35.9 Å². The summed E-state index contributed by atoms with van der Waals surface area (Å²) in [5.41, 5.74) is 1.29. The van der Waals surface area contributed by atoms with Gasteiger partial charge in [-0.2, -0.15) is 0 Å². The molecule has 0 aromatic heterocycles. The zero-order chi connectivity index (χ0) is 17.1. The van der Waals surface area contributed by atoms with Crippen LogP contribution >= 0.6 is 0 Å². The van der Waals surface area contributed by atoms with Crippen LogP contribution in [-0.4, -0.2) is 61.1 Å². The van der Waals surface area contributed by atoms with E-state index in [1.807, 2.05) is 0 Å². The summed E-state index contributed by atoms with van der Waals surface area (Å²) in [6.45, 7) is 5.67. The fraction of sp³-hybridized carbons (Fsp3) is 0.667. The first kappa shape index (κ1) is 17.0. The van der Waals surface area contributed by atoms with Gasteiger partial charge >= 0.3 is 0 Å². The molecule has 3 heterocycles. The highest BCUT2D eigenvalue weighted by Gasteiger charge is 2.49. The van der Waals surface area contributed by atoms with Gasteiger partial charge in [0.25, 0.3) is 0 Å². The second-order valence-electron chi connectivity index (χ2n) is 7.99. The van der Waals surface area contributed by atoms with Gasteiger partial charge in [-0.15, -0.1) is 0 Å². The molecule has 0 unspecified atom stereocenters. The summed E-state index contributed by atoms with van der Waals surface area (Å²) in [6, 6.07) is 11.1. The maximum atomic E-state index is 13.3. The number of hydrogen-bond acceptors (Lipinski definition) is 3. The van der Waals surface area contributed by atoms with E-state index in [1.54, 1.807) is 0 Å². The zero-order valence-electron chi connectivity index (χ0n) is 15.2. The van der Waals surface area contributed by atoms with E-state index in [0.717, 1.165) is 77.9 Å². The second-order valence-corrected chi connectivity index (χ2v) is 7.99.